The average molecular weight is 325 g/mol. The molecule has 0 aliphatic heterocycles. The molecular weight excluding hydrogens is 314 g/mol. The molecule has 2 rings (SSSR count). The van der Waals surface area contributed by atoms with Gasteiger partial charge in [0.25, 0.3) is 0 Å². The van der Waals surface area contributed by atoms with Crippen molar-refractivity contribution in [1.82, 2.24) is 0 Å². The maximum atomic E-state index is 13.4. The summed E-state index contributed by atoms with van der Waals surface area (Å²) in [6.45, 7) is 0. The molecule has 0 bridgehead atoms. The number of rotatable bonds is 4. The van der Waals surface area contributed by atoms with Crippen LogP contribution in [0.1, 0.15) is 11.1 Å². The van der Waals surface area contributed by atoms with Crippen LogP contribution in [-0.2, 0) is 17.6 Å². The van der Waals surface area contributed by atoms with E-state index in [9.17, 15) is 13.6 Å². The van der Waals surface area contributed by atoms with Gasteiger partial charge in [-0.25, -0.2) is 8.78 Å². The molecule has 2 aromatic carbocycles. The Morgan fingerprint density at radius 2 is 1.68 bits per heavy atom. The second-order valence-electron chi connectivity index (χ2n) is 4.23. The van der Waals surface area contributed by atoms with Crippen LogP contribution in [0, 0.1) is 11.6 Å². The van der Waals surface area contributed by atoms with Crippen molar-refractivity contribution in [2.24, 2.45) is 0 Å². The summed E-state index contributed by atoms with van der Waals surface area (Å²) >= 11 is 3.31. The standard InChI is InChI=1S/C15H11BrF2O/c16-12-6-4-10(5-7-12)8-13(19)9-11-2-1-3-14(17)15(11)18/h1-7H,8-9H2. The monoisotopic (exact) mass is 324 g/mol. The van der Waals surface area contributed by atoms with Gasteiger partial charge in [-0.15, -0.1) is 0 Å². The van der Waals surface area contributed by atoms with Crippen molar-refractivity contribution in [3.05, 3.63) is 69.7 Å². The fraction of sp³-hybridized carbons (Fsp3) is 0.133. The highest BCUT2D eigenvalue weighted by Crippen LogP contribution is 2.15. The number of halogens is 3. The first-order chi connectivity index (χ1) is 9.06. The summed E-state index contributed by atoms with van der Waals surface area (Å²) in [6, 6.07) is 11.2. The van der Waals surface area contributed by atoms with Crippen LogP contribution in [0.3, 0.4) is 0 Å². The molecule has 0 saturated heterocycles. The Balaban J connectivity index is 2.05. The summed E-state index contributed by atoms with van der Waals surface area (Å²) in [5.41, 5.74) is 0.951. The second-order valence-corrected chi connectivity index (χ2v) is 5.15. The van der Waals surface area contributed by atoms with E-state index in [1.807, 2.05) is 24.3 Å². The largest absolute Gasteiger partial charge is 0.299 e. The van der Waals surface area contributed by atoms with Crippen molar-refractivity contribution < 1.29 is 13.6 Å². The summed E-state index contributed by atoms with van der Waals surface area (Å²) in [5.74, 6) is -2.01. The first-order valence-corrected chi connectivity index (χ1v) is 6.54. The molecule has 4 heteroatoms. The topological polar surface area (TPSA) is 17.1 Å². The number of carbonyl (C=O) groups excluding carboxylic acids is 1. The molecule has 0 unspecified atom stereocenters. The highest BCUT2D eigenvalue weighted by molar-refractivity contribution is 9.10. The van der Waals surface area contributed by atoms with Gasteiger partial charge in [-0.3, -0.25) is 4.79 Å². The molecule has 0 N–H and O–H groups in total. The fourth-order valence-corrected chi connectivity index (χ4v) is 2.05. The molecule has 1 nitrogen and oxygen atoms in total. The van der Waals surface area contributed by atoms with Crippen molar-refractivity contribution >= 4 is 21.7 Å². The lowest BCUT2D eigenvalue weighted by Gasteiger charge is -2.04. The van der Waals surface area contributed by atoms with E-state index in [1.54, 1.807) is 0 Å². The zero-order chi connectivity index (χ0) is 13.8. The first kappa shape index (κ1) is 13.9. The molecule has 2 aromatic rings. The van der Waals surface area contributed by atoms with E-state index in [0.29, 0.717) is 0 Å². The lowest BCUT2D eigenvalue weighted by molar-refractivity contribution is -0.117. The van der Waals surface area contributed by atoms with Gasteiger partial charge in [-0.2, -0.15) is 0 Å². The van der Waals surface area contributed by atoms with Crippen LogP contribution in [0.4, 0.5) is 8.78 Å². The van der Waals surface area contributed by atoms with Crippen molar-refractivity contribution in [3.8, 4) is 0 Å². The number of carbonyl (C=O) groups is 1. The Morgan fingerprint density at radius 3 is 2.37 bits per heavy atom. The SMILES string of the molecule is O=C(Cc1ccc(Br)cc1)Cc1cccc(F)c1F. The molecule has 0 amide bonds. The van der Waals surface area contributed by atoms with E-state index >= 15 is 0 Å². The Morgan fingerprint density at radius 1 is 1.00 bits per heavy atom. The van der Waals surface area contributed by atoms with Crippen LogP contribution in [-0.4, -0.2) is 5.78 Å². The van der Waals surface area contributed by atoms with Gasteiger partial charge in [0, 0.05) is 17.3 Å². The minimum atomic E-state index is -0.938. The number of benzene rings is 2. The van der Waals surface area contributed by atoms with Gasteiger partial charge in [0.1, 0.15) is 5.78 Å². The highest BCUT2D eigenvalue weighted by atomic mass is 79.9. The summed E-state index contributed by atoms with van der Waals surface area (Å²) in [4.78, 5) is 11.8. The predicted octanol–water partition coefficient (Wildman–Crippen LogP) is 4.08. The third kappa shape index (κ3) is 3.70. The van der Waals surface area contributed by atoms with Gasteiger partial charge in [0.15, 0.2) is 11.6 Å². The summed E-state index contributed by atoms with van der Waals surface area (Å²) in [7, 11) is 0. The minimum absolute atomic E-state index is 0.0976. The summed E-state index contributed by atoms with van der Waals surface area (Å²) in [5, 5.41) is 0. The van der Waals surface area contributed by atoms with Gasteiger partial charge in [0.05, 0.1) is 0 Å². The number of ketones is 1. The van der Waals surface area contributed by atoms with Crippen molar-refractivity contribution in [2.45, 2.75) is 12.8 Å². The smallest absolute Gasteiger partial charge is 0.162 e. The predicted molar refractivity (Wildman–Crippen MR) is 72.9 cm³/mol. The summed E-state index contributed by atoms with van der Waals surface area (Å²) in [6.07, 6.45) is 0.114. The van der Waals surface area contributed by atoms with Crippen molar-refractivity contribution in [2.75, 3.05) is 0 Å². The molecule has 98 valence electrons. The lowest BCUT2D eigenvalue weighted by atomic mass is 10.0. The van der Waals surface area contributed by atoms with E-state index in [2.05, 4.69) is 15.9 Å². The van der Waals surface area contributed by atoms with Crippen LogP contribution in [0.5, 0.6) is 0 Å². The zero-order valence-corrected chi connectivity index (χ0v) is 11.6. The Bertz CT molecular complexity index is 594. The van der Waals surface area contributed by atoms with E-state index in [-0.39, 0.29) is 24.2 Å². The lowest BCUT2D eigenvalue weighted by Crippen LogP contribution is -2.08. The number of Topliss-reactive ketones (excluding diaryl/α,β-unsaturated/α-hetero) is 1. The Hall–Kier alpha value is -1.55. The van der Waals surface area contributed by atoms with Gasteiger partial charge in [-0.1, -0.05) is 40.2 Å². The van der Waals surface area contributed by atoms with Crippen molar-refractivity contribution in [3.63, 3.8) is 0 Å². The Kier molecular flexibility index (Phi) is 4.43. The average Bonchev–Trinajstić information content (AvgIpc) is 2.38. The van der Waals surface area contributed by atoms with Crippen LogP contribution in [0.25, 0.3) is 0 Å². The van der Waals surface area contributed by atoms with E-state index in [4.69, 9.17) is 0 Å². The third-order valence-corrected chi connectivity index (χ3v) is 3.26. The molecule has 0 aliphatic rings. The maximum absolute atomic E-state index is 13.4. The molecule has 0 fully saturated rings. The molecule has 0 radical (unpaired) electrons. The molecule has 0 aliphatic carbocycles. The highest BCUT2D eigenvalue weighted by Gasteiger charge is 2.12. The molecule has 19 heavy (non-hydrogen) atoms. The maximum Gasteiger partial charge on any atom is 0.162 e. The normalized spacial score (nSPS) is 10.5. The van der Waals surface area contributed by atoms with Crippen LogP contribution >= 0.6 is 15.9 Å². The summed E-state index contributed by atoms with van der Waals surface area (Å²) < 4.78 is 27.4. The van der Waals surface area contributed by atoms with E-state index in [1.165, 1.54) is 12.1 Å². The molecule has 0 saturated carbocycles. The quantitative estimate of drug-likeness (QED) is 0.828. The molecule has 0 aromatic heterocycles. The molecule has 0 heterocycles. The molecule has 0 atom stereocenters. The van der Waals surface area contributed by atoms with E-state index in [0.717, 1.165) is 16.1 Å². The van der Waals surface area contributed by atoms with Crippen LogP contribution < -0.4 is 0 Å². The fourth-order valence-electron chi connectivity index (χ4n) is 1.79. The van der Waals surface area contributed by atoms with Gasteiger partial charge >= 0.3 is 0 Å². The van der Waals surface area contributed by atoms with Crippen LogP contribution in [0.2, 0.25) is 0 Å². The Labute approximate surface area is 118 Å². The zero-order valence-electron chi connectivity index (χ0n) is 10.00. The molecular formula is C15H11BrF2O. The second kappa shape index (κ2) is 6.06. The first-order valence-electron chi connectivity index (χ1n) is 5.75. The van der Waals surface area contributed by atoms with Crippen molar-refractivity contribution in [1.29, 1.82) is 0 Å². The van der Waals surface area contributed by atoms with Gasteiger partial charge in [-0.05, 0) is 29.3 Å². The minimum Gasteiger partial charge on any atom is -0.299 e. The molecule has 0 spiro atoms. The van der Waals surface area contributed by atoms with Gasteiger partial charge < -0.3 is 0 Å². The van der Waals surface area contributed by atoms with E-state index < -0.39 is 11.6 Å². The third-order valence-electron chi connectivity index (χ3n) is 2.73. The number of hydrogen-bond donors (Lipinski definition) is 0. The number of hydrogen-bond acceptors (Lipinski definition) is 1. The van der Waals surface area contributed by atoms with Crippen LogP contribution in [0.15, 0.2) is 46.9 Å². The van der Waals surface area contributed by atoms with Gasteiger partial charge in [0.2, 0.25) is 0 Å².